The second-order valence-electron chi connectivity index (χ2n) is 8.36. The number of anilines is 1. The standard InChI is InChI=1S/C27H25FN2O5/c1-2-18(14-25(31)29-19-12-16(26(32)33)11-17(28)13-19)30-27(34)35-15-24-22-9-5-3-7-20(22)21-8-4-6-10-23(21)24/h3-13,18,24H,2,14-15H2,1H3,(H,29,31)(H,30,34)(H,32,33)/t18-/m1/s1. The van der Waals surface area contributed by atoms with Crippen molar-refractivity contribution in [2.24, 2.45) is 0 Å². The predicted octanol–water partition coefficient (Wildman–Crippen LogP) is 5.17. The van der Waals surface area contributed by atoms with Crippen molar-refractivity contribution < 1.29 is 28.6 Å². The van der Waals surface area contributed by atoms with Crippen molar-refractivity contribution in [2.45, 2.75) is 31.7 Å². The molecule has 3 aromatic rings. The number of hydrogen-bond donors (Lipinski definition) is 3. The molecule has 0 aromatic heterocycles. The first-order valence-electron chi connectivity index (χ1n) is 11.3. The van der Waals surface area contributed by atoms with Crippen LogP contribution in [0.3, 0.4) is 0 Å². The molecule has 0 fully saturated rings. The van der Waals surface area contributed by atoms with Gasteiger partial charge in [-0.15, -0.1) is 0 Å². The molecule has 0 aliphatic heterocycles. The quantitative estimate of drug-likeness (QED) is 0.416. The van der Waals surface area contributed by atoms with E-state index in [1.54, 1.807) is 0 Å². The van der Waals surface area contributed by atoms with Gasteiger partial charge in [0.25, 0.3) is 0 Å². The first-order chi connectivity index (χ1) is 16.9. The zero-order valence-electron chi connectivity index (χ0n) is 19.1. The first kappa shape index (κ1) is 23.9. The van der Waals surface area contributed by atoms with E-state index in [1.807, 2.05) is 43.3 Å². The summed E-state index contributed by atoms with van der Waals surface area (Å²) in [6.45, 7) is 1.97. The van der Waals surface area contributed by atoms with E-state index >= 15 is 0 Å². The Hall–Kier alpha value is -4.20. The number of hydrogen-bond acceptors (Lipinski definition) is 4. The van der Waals surface area contributed by atoms with E-state index in [0.29, 0.717) is 6.42 Å². The highest BCUT2D eigenvalue weighted by Gasteiger charge is 2.29. The summed E-state index contributed by atoms with van der Waals surface area (Å²) in [5.41, 5.74) is 4.22. The van der Waals surface area contributed by atoms with Crippen molar-refractivity contribution in [1.82, 2.24) is 5.32 Å². The Bertz CT molecular complexity index is 1230. The number of benzene rings is 3. The second kappa shape index (κ2) is 10.4. The summed E-state index contributed by atoms with van der Waals surface area (Å²) in [4.78, 5) is 36.0. The fourth-order valence-corrected chi connectivity index (χ4v) is 4.33. The van der Waals surface area contributed by atoms with E-state index in [2.05, 4.69) is 22.8 Å². The summed E-state index contributed by atoms with van der Waals surface area (Å²) in [6.07, 6.45) is -0.258. The molecule has 8 heteroatoms. The van der Waals surface area contributed by atoms with Crippen LogP contribution in [-0.2, 0) is 9.53 Å². The second-order valence-corrected chi connectivity index (χ2v) is 8.36. The summed E-state index contributed by atoms with van der Waals surface area (Å²) >= 11 is 0. The normalized spacial score (nSPS) is 12.9. The van der Waals surface area contributed by atoms with E-state index < -0.39 is 29.8 Å². The van der Waals surface area contributed by atoms with Gasteiger partial charge in [0.1, 0.15) is 12.4 Å². The van der Waals surface area contributed by atoms with Crippen LogP contribution < -0.4 is 10.6 Å². The number of alkyl carbamates (subject to hydrolysis) is 1. The molecule has 0 radical (unpaired) electrons. The van der Waals surface area contributed by atoms with E-state index in [0.717, 1.165) is 34.4 Å². The highest BCUT2D eigenvalue weighted by Crippen LogP contribution is 2.44. The van der Waals surface area contributed by atoms with Crippen molar-refractivity contribution in [2.75, 3.05) is 11.9 Å². The lowest BCUT2D eigenvalue weighted by Crippen LogP contribution is -2.38. The number of fused-ring (bicyclic) bond motifs is 3. The zero-order chi connectivity index (χ0) is 24.9. The van der Waals surface area contributed by atoms with Gasteiger partial charge < -0.3 is 20.5 Å². The Balaban J connectivity index is 1.34. The number of rotatable bonds is 8. The molecule has 1 atom stereocenters. The molecule has 1 aliphatic rings. The predicted molar refractivity (Wildman–Crippen MR) is 129 cm³/mol. The maximum absolute atomic E-state index is 13.6. The van der Waals surface area contributed by atoms with Gasteiger partial charge in [-0.05, 0) is 46.9 Å². The van der Waals surface area contributed by atoms with Crippen LogP contribution in [-0.4, -0.2) is 35.7 Å². The molecule has 1 aliphatic carbocycles. The number of halogens is 1. The van der Waals surface area contributed by atoms with Gasteiger partial charge in [0.15, 0.2) is 0 Å². The summed E-state index contributed by atoms with van der Waals surface area (Å²) in [6, 6.07) is 18.6. The highest BCUT2D eigenvalue weighted by atomic mass is 19.1. The Kier molecular flexibility index (Phi) is 7.10. The van der Waals surface area contributed by atoms with E-state index in [4.69, 9.17) is 9.84 Å². The Morgan fingerprint density at radius 2 is 1.63 bits per heavy atom. The molecular weight excluding hydrogens is 451 g/mol. The van der Waals surface area contributed by atoms with Crippen LogP contribution in [0.1, 0.15) is 47.2 Å². The molecule has 3 aromatic carbocycles. The van der Waals surface area contributed by atoms with Gasteiger partial charge >= 0.3 is 12.1 Å². The van der Waals surface area contributed by atoms with Gasteiger partial charge in [-0.1, -0.05) is 55.5 Å². The lowest BCUT2D eigenvalue weighted by molar-refractivity contribution is -0.116. The minimum absolute atomic E-state index is 0.0309. The van der Waals surface area contributed by atoms with Crippen LogP contribution in [0.15, 0.2) is 66.7 Å². The third-order valence-corrected chi connectivity index (χ3v) is 6.02. The van der Waals surface area contributed by atoms with Gasteiger partial charge in [-0.25, -0.2) is 14.0 Å². The maximum atomic E-state index is 13.6. The van der Waals surface area contributed by atoms with Crippen molar-refractivity contribution in [3.63, 3.8) is 0 Å². The van der Waals surface area contributed by atoms with Crippen LogP contribution in [0.5, 0.6) is 0 Å². The number of carbonyl (C=O) groups is 3. The average molecular weight is 477 g/mol. The fourth-order valence-electron chi connectivity index (χ4n) is 4.33. The number of amides is 2. The number of carboxylic acids is 1. The molecule has 2 amide bonds. The Morgan fingerprint density at radius 1 is 1.00 bits per heavy atom. The van der Waals surface area contributed by atoms with Crippen LogP contribution in [0.2, 0.25) is 0 Å². The molecule has 7 nitrogen and oxygen atoms in total. The van der Waals surface area contributed by atoms with E-state index in [-0.39, 0.29) is 30.2 Å². The lowest BCUT2D eigenvalue weighted by atomic mass is 9.98. The monoisotopic (exact) mass is 476 g/mol. The molecule has 180 valence electrons. The van der Waals surface area contributed by atoms with Gasteiger partial charge in [0.05, 0.1) is 5.56 Å². The largest absolute Gasteiger partial charge is 0.478 e. The van der Waals surface area contributed by atoms with Gasteiger partial charge in [0.2, 0.25) is 5.91 Å². The minimum atomic E-state index is -1.30. The Labute approximate surface area is 201 Å². The van der Waals surface area contributed by atoms with Crippen LogP contribution in [0, 0.1) is 5.82 Å². The van der Waals surface area contributed by atoms with Crippen LogP contribution in [0.25, 0.3) is 11.1 Å². The first-order valence-corrected chi connectivity index (χ1v) is 11.3. The van der Waals surface area contributed by atoms with Crippen molar-refractivity contribution >= 4 is 23.7 Å². The molecular formula is C27H25FN2O5. The fraction of sp³-hybridized carbons (Fsp3) is 0.222. The zero-order valence-corrected chi connectivity index (χ0v) is 19.1. The molecule has 4 rings (SSSR count). The summed E-state index contributed by atoms with van der Waals surface area (Å²) in [7, 11) is 0. The molecule has 0 unspecified atom stereocenters. The summed E-state index contributed by atoms with van der Waals surface area (Å²) in [5.74, 6) is -2.64. The smallest absolute Gasteiger partial charge is 0.407 e. The summed E-state index contributed by atoms with van der Waals surface area (Å²) < 4.78 is 19.2. The van der Waals surface area contributed by atoms with Gasteiger partial charge in [-0.3, -0.25) is 4.79 Å². The minimum Gasteiger partial charge on any atom is -0.478 e. The average Bonchev–Trinajstić information content (AvgIpc) is 3.15. The van der Waals surface area contributed by atoms with Crippen LogP contribution >= 0.6 is 0 Å². The van der Waals surface area contributed by atoms with Gasteiger partial charge in [-0.2, -0.15) is 0 Å². The maximum Gasteiger partial charge on any atom is 0.407 e. The topological polar surface area (TPSA) is 105 Å². The molecule has 0 heterocycles. The molecule has 0 spiro atoms. The molecule has 0 bridgehead atoms. The van der Waals surface area contributed by atoms with Gasteiger partial charge in [0, 0.05) is 24.1 Å². The third-order valence-electron chi connectivity index (χ3n) is 6.02. The van der Waals surface area contributed by atoms with Crippen molar-refractivity contribution in [1.29, 1.82) is 0 Å². The molecule has 35 heavy (non-hydrogen) atoms. The number of carboxylic acid groups (broad SMARTS) is 1. The molecule has 0 saturated carbocycles. The number of aromatic carboxylic acids is 1. The highest BCUT2D eigenvalue weighted by molar-refractivity contribution is 5.94. The van der Waals surface area contributed by atoms with Crippen molar-refractivity contribution in [3.05, 3.63) is 89.2 Å². The molecule has 3 N–H and O–H groups in total. The molecule has 0 saturated heterocycles. The SMILES string of the molecule is CC[C@H](CC(=O)Nc1cc(F)cc(C(=O)O)c1)NC(=O)OCC1c2ccccc2-c2ccccc21. The van der Waals surface area contributed by atoms with Crippen LogP contribution in [0.4, 0.5) is 14.9 Å². The lowest BCUT2D eigenvalue weighted by Gasteiger charge is -2.19. The number of ether oxygens (including phenoxy) is 1. The summed E-state index contributed by atoms with van der Waals surface area (Å²) in [5, 5.41) is 14.2. The number of carbonyl (C=O) groups excluding carboxylic acids is 2. The van der Waals surface area contributed by atoms with Crippen molar-refractivity contribution in [3.8, 4) is 11.1 Å². The van der Waals surface area contributed by atoms with E-state index in [9.17, 15) is 18.8 Å². The third kappa shape index (κ3) is 5.48. The number of nitrogens with one attached hydrogen (secondary N) is 2. The Morgan fingerprint density at radius 3 is 2.23 bits per heavy atom. The van der Waals surface area contributed by atoms with E-state index in [1.165, 1.54) is 6.07 Å².